The molecule has 2 aliphatic rings. The van der Waals surface area contributed by atoms with Gasteiger partial charge in [0.05, 0.1) is 0 Å². The summed E-state index contributed by atoms with van der Waals surface area (Å²) in [6.07, 6.45) is 5.31. The van der Waals surface area contributed by atoms with E-state index in [9.17, 15) is 9.90 Å². The number of nitrogens with zero attached hydrogens (tertiary/aromatic N) is 1. The molecule has 3 nitrogen and oxygen atoms in total. The monoisotopic (exact) mass is 771 g/mol. The van der Waals surface area contributed by atoms with Gasteiger partial charge in [-0.15, -0.1) is 0 Å². The van der Waals surface area contributed by atoms with Gasteiger partial charge in [0.2, 0.25) is 0 Å². The van der Waals surface area contributed by atoms with Gasteiger partial charge in [-0.2, -0.15) is 0 Å². The number of hydrogen-bond acceptors (Lipinski definition) is 3. The van der Waals surface area contributed by atoms with E-state index in [1.54, 1.807) is 12.1 Å². The normalized spacial score (nSPS) is 17.2. The fraction of sp³-hybridized carbons (Fsp3) is 0.273. The molecule has 0 atom stereocenters. The zero-order chi connectivity index (χ0) is 22.0. The van der Waals surface area contributed by atoms with Crippen molar-refractivity contribution in [3.8, 4) is 15.8 Å². The summed E-state index contributed by atoms with van der Waals surface area (Å²) in [4.78, 5) is 17.4. The van der Waals surface area contributed by atoms with Gasteiger partial charge in [0.15, 0.2) is 0 Å². The second-order valence-corrected chi connectivity index (χ2v) is 19.5. The molecule has 30 heavy (non-hydrogen) atoms. The molecule has 4 rings (SSSR count). The number of rotatable bonds is 3. The van der Waals surface area contributed by atoms with Crippen LogP contribution in [0.15, 0.2) is 43.9 Å². The molecule has 1 aromatic heterocycles. The van der Waals surface area contributed by atoms with E-state index >= 15 is 0 Å². The fourth-order valence-corrected chi connectivity index (χ4v) is 17.3. The number of aliphatic imine (C=N–C) groups is 1. The summed E-state index contributed by atoms with van der Waals surface area (Å²) >= 11 is 8.62. The van der Waals surface area contributed by atoms with Gasteiger partial charge in [0.1, 0.15) is 0 Å². The van der Waals surface area contributed by atoms with Crippen LogP contribution in [-0.2, 0) is 4.79 Å². The van der Waals surface area contributed by atoms with Crippen LogP contribution < -0.4 is 5.19 Å². The Bertz CT molecular complexity index is 1170. The van der Waals surface area contributed by atoms with Gasteiger partial charge in [-0.1, -0.05) is 0 Å². The van der Waals surface area contributed by atoms with E-state index < -0.39 is 8.07 Å². The summed E-state index contributed by atoms with van der Waals surface area (Å²) in [5, 5.41) is 13.5. The predicted molar refractivity (Wildman–Crippen MR) is 149 cm³/mol. The van der Waals surface area contributed by atoms with E-state index in [4.69, 9.17) is 4.99 Å². The van der Waals surface area contributed by atoms with Crippen LogP contribution in [0, 0.1) is 7.14 Å². The van der Waals surface area contributed by atoms with Crippen LogP contribution >= 0.6 is 61.1 Å². The topological polar surface area (TPSA) is 49.7 Å². The molecule has 1 N–H and O–H groups in total. The van der Waals surface area contributed by atoms with E-state index in [0.29, 0.717) is 16.8 Å². The summed E-state index contributed by atoms with van der Waals surface area (Å²) in [5.74, 6) is 0.353. The van der Waals surface area contributed by atoms with Crippen molar-refractivity contribution in [3.63, 3.8) is 0 Å². The number of carbonyl (C=O) groups is 1. The molecule has 0 fully saturated rings. The van der Waals surface area contributed by atoms with Crippen LogP contribution in [-0.4, -0.2) is 39.2 Å². The zero-order valence-electron chi connectivity index (χ0n) is 16.9. The van der Waals surface area contributed by atoms with E-state index in [0.717, 1.165) is 22.2 Å². The van der Waals surface area contributed by atoms with E-state index in [2.05, 4.69) is 88.8 Å². The van der Waals surface area contributed by atoms with Gasteiger partial charge in [0.25, 0.3) is 0 Å². The average Bonchev–Trinajstić information content (AvgIpc) is 2.93. The number of phenolic OH excluding ortho intramolecular Hbond substituents is 1. The maximum absolute atomic E-state index is 12.4. The van der Waals surface area contributed by atoms with Gasteiger partial charge in [-0.3, -0.25) is 0 Å². The third-order valence-corrected chi connectivity index (χ3v) is 21.2. The predicted octanol–water partition coefficient (Wildman–Crippen LogP) is 6.25. The molecule has 0 saturated heterocycles. The number of halogens is 3. The molecule has 0 spiro atoms. The van der Waals surface area contributed by atoms with Crippen LogP contribution in [0.5, 0.6) is 5.75 Å². The van der Waals surface area contributed by atoms with Crippen LogP contribution in [0.3, 0.4) is 0 Å². The van der Waals surface area contributed by atoms with Crippen molar-refractivity contribution in [2.45, 2.75) is 38.8 Å². The summed E-state index contributed by atoms with van der Waals surface area (Å²) in [7, 11) is -2.44. The molecule has 1 aliphatic carbocycles. The Balaban J connectivity index is 2.20. The van der Waals surface area contributed by atoms with Crippen molar-refractivity contribution < 1.29 is 9.90 Å². The molecule has 0 bridgehead atoms. The average molecular weight is 771 g/mol. The molecule has 2 aromatic rings. The van der Waals surface area contributed by atoms with Crippen molar-refractivity contribution in [2.24, 2.45) is 4.99 Å². The van der Waals surface area contributed by atoms with Crippen molar-refractivity contribution in [2.75, 3.05) is 0 Å². The molecular weight excluding hydrogens is 751 g/mol. The summed E-state index contributed by atoms with van der Waals surface area (Å²) in [6.45, 7) is 9.09. The molecule has 8 heteroatoms. The van der Waals surface area contributed by atoms with Crippen LogP contribution in [0.4, 0.5) is 5.69 Å². The Hall–Kier alpha value is -0.00364. The molecule has 156 valence electrons. The third-order valence-electron chi connectivity index (χ3n) is 6.03. The second-order valence-electron chi connectivity index (χ2n) is 8.16. The molecular formula is C22H20BrI2NO2SeSi. The Labute approximate surface area is 219 Å². The van der Waals surface area contributed by atoms with Crippen molar-refractivity contribution >= 4 is 106 Å². The van der Waals surface area contributed by atoms with Gasteiger partial charge < -0.3 is 0 Å². The van der Waals surface area contributed by atoms with Crippen molar-refractivity contribution in [1.29, 1.82) is 0 Å². The Kier molecular flexibility index (Phi) is 6.49. The SMILES string of the molecule is CC(C)[Si]1(C(C)C)C2=CC(=O)C=CC2=Nc2ccc(O)c(-c3[se]c(Br)c(I)c3I)c21. The molecule has 1 aromatic carbocycles. The van der Waals surface area contributed by atoms with Crippen molar-refractivity contribution in [3.05, 3.63) is 46.0 Å². The van der Waals surface area contributed by atoms with E-state index in [1.165, 1.54) is 20.1 Å². The van der Waals surface area contributed by atoms with Gasteiger partial charge >= 0.3 is 222 Å². The molecule has 0 radical (unpaired) electrons. The first-order valence-electron chi connectivity index (χ1n) is 9.64. The number of ketones is 1. The minimum absolute atomic E-state index is 0.0325. The maximum atomic E-state index is 12.4. The van der Waals surface area contributed by atoms with Crippen LogP contribution in [0.2, 0.25) is 11.1 Å². The second kappa shape index (κ2) is 8.41. The number of allylic oxidation sites excluding steroid dienone is 4. The number of phenols is 1. The number of benzene rings is 1. The fourth-order valence-electron chi connectivity index (χ4n) is 4.92. The number of carbonyl (C=O) groups excluding carboxylic acids is 1. The Morgan fingerprint density at radius 3 is 2.33 bits per heavy atom. The molecule has 2 heterocycles. The summed E-state index contributed by atoms with van der Waals surface area (Å²) in [6, 6.07) is 3.74. The van der Waals surface area contributed by atoms with Crippen molar-refractivity contribution in [1.82, 2.24) is 0 Å². The first-order valence-corrected chi connectivity index (χ1v) is 16.5. The molecule has 0 unspecified atom stereocenters. The summed E-state index contributed by atoms with van der Waals surface area (Å²) < 4.78 is 4.84. The minimum atomic E-state index is -2.44. The van der Waals surface area contributed by atoms with E-state index in [-0.39, 0.29) is 20.3 Å². The Morgan fingerprint density at radius 2 is 1.77 bits per heavy atom. The van der Waals surface area contributed by atoms with Gasteiger partial charge in [-0.25, -0.2) is 0 Å². The van der Waals surface area contributed by atoms with Gasteiger partial charge in [-0.05, 0) is 0 Å². The summed E-state index contributed by atoms with van der Waals surface area (Å²) in [5.41, 5.74) is 3.52. The molecule has 0 amide bonds. The quantitative estimate of drug-likeness (QED) is 0.228. The number of aromatic hydroxyl groups is 1. The van der Waals surface area contributed by atoms with E-state index in [1.807, 2.05) is 18.2 Å². The molecule has 0 saturated carbocycles. The third kappa shape index (κ3) is 3.35. The number of fused-ring (bicyclic) bond motifs is 2. The van der Waals surface area contributed by atoms with Gasteiger partial charge in [0, 0.05) is 0 Å². The van der Waals surface area contributed by atoms with Crippen LogP contribution in [0.25, 0.3) is 10.0 Å². The first-order chi connectivity index (χ1) is 14.1. The standard InChI is InChI=1S/C22H20BrI2NO2SeSi/c1-10(2)30(11(3)4)16-9-12(27)5-6-13(16)26-14-7-8-15(28)17(21(14)30)20-18(24)19(25)22(23)29-20/h5-11,28H,1-4H3. The molecule has 1 aliphatic heterocycles. The first kappa shape index (κ1) is 23.2. The van der Waals surface area contributed by atoms with Crippen LogP contribution in [0.1, 0.15) is 27.7 Å². The Morgan fingerprint density at radius 1 is 1.10 bits per heavy atom. The number of hydrogen-bond donors (Lipinski definition) is 1. The zero-order valence-corrected chi connectivity index (χ0v) is 25.5.